The van der Waals surface area contributed by atoms with Gasteiger partial charge in [-0.2, -0.15) is 15.0 Å². The van der Waals surface area contributed by atoms with Crippen LogP contribution in [0.4, 0.5) is 0 Å². The highest BCUT2D eigenvalue weighted by atomic mass is 79.9. The Morgan fingerprint density at radius 1 is 0.938 bits per heavy atom. The molecule has 0 saturated carbocycles. The van der Waals surface area contributed by atoms with Gasteiger partial charge in [0.25, 0.3) is 0 Å². The van der Waals surface area contributed by atoms with Gasteiger partial charge < -0.3 is 0 Å². The van der Waals surface area contributed by atoms with Crippen molar-refractivity contribution in [2.24, 2.45) is 14.1 Å². The van der Waals surface area contributed by atoms with E-state index in [9.17, 15) is 0 Å². The molecule has 2 aromatic heterocycles. The molecule has 0 aliphatic rings. The lowest BCUT2D eigenvalue weighted by atomic mass is 10.2. The van der Waals surface area contributed by atoms with Crippen LogP contribution in [0, 0.1) is 0 Å². The summed E-state index contributed by atoms with van der Waals surface area (Å²) in [6, 6.07) is 0. The number of benzene rings is 1. The number of nitrogens with zero attached hydrogens (tertiary/aromatic N) is 6. The maximum atomic E-state index is 4.30. The van der Waals surface area contributed by atoms with Crippen LogP contribution < -0.4 is 0 Å². The van der Waals surface area contributed by atoms with Gasteiger partial charge in [-0.3, -0.25) is 0 Å². The summed E-state index contributed by atoms with van der Waals surface area (Å²) in [7, 11) is 3.63. The van der Waals surface area contributed by atoms with Crippen molar-refractivity contribution in [3.05, 3.63) is 8.95 Å². The number of aromatic nitrogens is 6. The summed E-state index contributed by atoms with van der Waals surface area (Å²) in [6.07, 6.45) is 0. The van der Waals surface area contributed by atoms with E-state index in [4.69, 9.17) is 0 Å². The van der Waals surface area contributed by atoms with Crippen molar-refractivity contribution < 1.29 is 0 Å². The monoisotopic (exact) mass is 344 g/mol. The molecule has 3 rings (SSSR count). The SMILES string of the molecule is Cn1nc2c(Br)c3nnn(C)c3c(Br)c2n1. The first-order chi connectivity index (χ1) is 7.59. The van der Waals surface area contributed by atoms with Crippen molar-refractivity contribution in [3.63, 3.8) is 0 Å². The average Bonchev–Trinajstić information content (AvgIpc) is 2.79. The molecule has 0 aliphatic heterocycles. The number of halogens is 2. The molecule has 0 spiro atoms. The van der Waals surface area contributed by atoms with E-state index in [1.165, 1.54) is 4.80 Å². The van der Waals surface area contributed by atoms with Crippen LogP contribution in [0.1, 0.15) is 0 Å². The predicted octanol–water partition coefficient (Wildman–Crippen LogP) is 1.77. The van der Waals surface area contributed by atoms with Crippen LogP contribution in [0.3, 0.4) is 0 Å². The minimum absolute atomic E-state index is 0.780. The zero-order chi connectivity index (χ0) is 11.4. The van der Waals surface area contributed by atoms with E-state index in [0.717, 1.165) is 31.0 Å². The van der Waals surface area contributed by atoms with Crippen LogP contribution in [0.15, 0.2) is 8.95 Å². The summed E-state index contributed by atoms with van der Waals surface area (Å²) in [6.45, 7) is 0. The third-order valence-electron chi connectivity index (χ3n) is 2.37. The Morgan fingerprint density at radius 3 is 2.25 bits per heavy atom. The fourth-order valence-corrected chi connectivity index (χ4v) is 2.92. The molecule has 16 heavy (non-hydrogen) atoms. The number of fused-ring (bicyclic) bond motifs is 2. The first-order valence-corrected chi connectivity index (χ1v) is 6.05. The van der Waals surface area contributed by atoms with Gasteiger partial charge >= 0.3 is 0 Å². The van der Waals surface area contributed by atoms with Gasteiger partial charge in [0, 0.05) is 14.1 Å². The van der Waals surface area contributed by atoms with Gasteiger partial charge in [0.05, 0.1) is 8.95 Å². The molecule has 0 radical (unpaired) electrons. The largest absolute Gasteiger partial charge is 0.246 e. The molecule has 8 heteroatoms. The summed E-state index contributed by atoms with van der Waals surface area (Å²) in [5.74, 6) is 0. The third kappa shape index (κ3) is 1.17. The number of hydrogen-bond acceptors (Lipinski definition) is 4. The van der Waals surface area contributed by atoms with Crippen molar-refractivity contribution in [2.45, 2.75) is 0 Å². The molecule has 0 saturated heterocycles. The Labute approximate surface area is 107 Å². The molecule has 0 atom stereocenters. The minimum Gasteiger partial charge on any atom is -0.246 e. The van der Waals surface area contributed by atoms with Crippen molar-refractivity contribution in [1.82, 2.24) is 30.0 Å². The Bertz CT molecular complexity index is 709. The van der Waals surface area contributed by atoms with E-state index in [1.54, 1.807) is 11.7 Å². The Balaban J connectivity index is 2.67. The van der Waals surface area contributed by atoms with Crippen LogP contribution in [0.25, 0.3) is 22.1 Å². The van der Waals surface area contributed by atoms with Gasteiger partial charge in [0.15, 0.2) is 0 Å². The molecule has 0 amide bonds. The van der Waals surface area contributed by atoms with Crippen molar-refractivity contribution in [3.8, 4) is 0 Å². The van der Waals surface area contributed by atoms with Gasteiger partial charge in [-0.25, -0.2) is 4.68 Å². The highest BCUT2D eigenvalue weighted by Gasteiger charge is 2.18. The predicted molar refractivity (Wildman–Crippen MR) is 66.0 cm³/mol. The molecule has 2 heterocycles. The van der Waals surface area contributed by atoms with Gasteiger partial charge in [-0.05, 0) is 31.9 Å². The number of rotatable bonds is 0. The summed E-state index contributed by atoms with van der Waals surface area (Å²) in [5.41, 5.74) is 3.26. The Hall–Kier alpha value is -1.02. The lowest BCUT2D eigenvalue weighted by Gasteiger charge is -1.98. The Kier molecular flexibility index (Phi) is 2.05. The zero-order valence-corrected chi connectivity index (χ0v) is 11.6. The zero-order valence-electron chi connectivity index (χ0n) is 8.44. The molecule has 0 fully saturated rings. The summed E-state index contributed by atoms with van der Waals surface area (Å²) < 4.78 is 3.39. The summed E-state index contributed by atoms with van der Waals surface area (Å²) in [4.78, 5) is 1.53. The molecular weight excluding hydrogens is 340 g/mol. The standard InChI is InChI=1S/C8H6Br2N6/c1-15-8-4(10)6-5(12-16(2)13-6)3(9)7(8)11-14-15/h1-2H3. The van der Waals surface area contributed by atoms with E-state index in [0.29, 0.717) is 0 Å². The fourth-order valence-electron chi connectivity index (χ4n) is 1.68. The molecule has 0 unspecified atom stereocenters. The van der Waals surface area contributed by atoms with Gasteiger partial charge in [0.1, 0.15) is 22.1 Å². The van der Waals surface area contributed by atoms with E-state index in [-0.39, 0.29) is 0 Å². The van der Waals surface area contributed by atoms with E-state index in [2.05, 4.69) is 52.4 Å². The van der Waals surface area contributed by atoms with E-state index < -0.39 is 0 Å². The average molecular weight is 346 g/mol. The second kappa shape index (κ2) is 3.24. The molecule has 0 N–H and O–H groups in total. The van der Waals surface area contributed by atoms with Crippen LogP contribution >= 0.6 is 31.9 Å². The quantitative estimate of drug-likeness (QED) is 0.623. The minimum atomic E-state index is 0.780. The summed E-state index contributed by atoms with van der Waals surface area (Å²) >= 11 is 7.01. The molecule has 1 aromatic carbocycles. The first kappa shape index (κ1) is 10.2. The van der Waals surface area contributed by atoms with Crippen LogP contribution in [-0.4, -0.2) is 30.0 Å². The second-order valence-electron chi connectivity index (χ2n) is 3.42. The highest BCUT2D eigenvalue weighted by Crippen LogP contribution is 2.35. The van der Waals surface area contributed by atoms with Gasteiger partial charge in [-0.1, -0.05) is 5.21 Å². The lowest BCUT2D eigenvalue weighted by molar-refractivity contribution is 0.664. The summed E-state index contributed by atoms with van der Waals surface area (Å²) in [5, 5.41) is 16.7. The van der Waals surface area contributed by atoms with Crippen LogP contribution in [-0.2, 0) is 14.1 Å². The number of hydrogen-bond donors (Lipinski definition) is 0. The topological polar surface area (TPSA) is 61.4 Å². The normalized spacial score (nSPS) is 11.8. The highest BCUT2D eigenvalue weighted by molar-refractivity contribution is 9.11. The molecular formula is C8H6Br2N6. The first-order valence-electron chi connectivity index (χ1n) is 4.47. The molecule has 0 bridgehead atoms. The van der Waals surface area contributed by atoms with E-state index in [1.807, 2.05) is 7.05 Å². The molecule has 3 aromatic rings. The fraction of sp³-hybridized carbons (Fsp3) is 0.250. The van der Waals surface area contributed by atoms with Crippen LogP contribution in [0.2, 0.25) is 0 Å². The van der Waals surface area contributed by atoms with Gasteiger partial charge in [0.2, 0.25) is 0 Å². The van der Waals surface area contributed by atoms with E-state index >= 15 is 0 Å². The third-order valence-corrected chi connectivity index (χ3v) is 3.87. The van der Waals surface area contributed by atoms with Crippen molar-refractivity contribution in [1.29, 1.82) is 0 Å². The maximum absolute atomic E-state index is 4.30. The Morgan fingerprint density at radius 2 is 1.56 bits per heavy atom. The van der Waals surface area contributed by atoms with Crippen molar-refractivity contribution >= 4 is 53.9 Å². The van der Waals surface area contributed by atoms with Crippen molar-refractivity contribution in [2.75, 3.05) is 0 Å². The molecule has 0 aliphatic carbocycles. The molecule has 82 valence electrons. The number of aryl methyl sites for hydroxylation is 2. The lowest BCUT2D eigenvalue weighted by Crippen LogP contribution is -1.91. The van der Waals surface area contributed by atoms with Crippen LogP contribution in [0.5, 0.6) is 0 Å². The molecule has 6 nitrogen and oxygen atoms in total. The smallest absolute Gasteiger partial charge is 0.130 e. The second-order valence-corrected chi connectivity index (χ2v) is 5.01. The maximum Gasteiger partial charge on any atom is 0.130 e. The van der Waals surface area contributed by atoms with Gasteiger partial charge in [-0.15, -0.1) is 5.10 Å².